The van der Waals surface area contributed by atoms with E-state index in [0.29, 0.717) is 6.04 Å². The Morgan fingerprint density at radius 2 is 2.28 bits per heavy atom. The lowest BCUT2D eigenvalue weighted by Crippen LogP contribution is -2.22. The van der Waals surface area contributed by atoms with Gasteiger partial charge in [-0.05, 0) is 32.2 Å². The highest BCUT2D eigenvalue weighted by molar-refractivity contribution is 4.99. The third-order valence-electron chi connectivity index (χ3n) is 3.02. The fraction of sp³-hybridized carbons (Fsp3) is 0.714. The molecule has 0 aliphatic heterocycles. The summed E-state index contributed by atoms with van der Waals surface area (Å²) in [6.07, 6.45) is 11.0. The van der Waals surface area contributed by atoms with Gasteiger partial charge in [-0.15, -0.1) is 6.58 Å². The van der Waals surface area contributed by atoms with Gasteiger partial charge in [-0.3, -0.25) is 0 Å². The molecule has 4 nitrogen and oxygen atoms in total. The SMILES string of the molecule is C=CCCCCCC(NCCC)c1cnn(C)n1. The lowest BCUT2D eigenvalue weighted by atomic mass is 10.0. The fourth-order valence-corrected chi connectivity index (χ4v) is 2.01. The summed E-state index contributed by atoms with van der Waals surface area (Å²) in [7, 11) is 1.87. The summed E-state index contributed by atoms with van der Waals surface area (Å²) >= 11 is 0. The topological polar surface area (TPSA) is 42.7 Å². The van der Waals surface area contributed by atoms with Crippen LogP contribution in [0.4, 0.5) is 0 Å². The van der Waals surface area contributed by atoms with Gasteiger partial charge in [0.2, 0.25) is 0 Å². The molecule has 102 valence electrons. The second-order valence-corrected chi connectivity index (χ2v) is 4.69. The van der Waals surface area contributed by atoms with E-state index >= 15 is 0 Å². The molecule has 0 aliphatic rings. The Morgan fingerprint density at radius 1 is 1.44 bits per heavy atom. The van der Waals surface area contributed by atoms with Crippen molar-refractivity contribution in [1.29, 1.82) is 0 Å². The zero-order valence-corrected chi connectivity index (χ0v) is 11.7. The minimum Gasteiger partial charge on any atom is -0.309 e. The molecular weight excluding hydrogens is 224 g/mol. The number of allylic oxidation sites excluding steroid dienone is 1. The standard InChI is InChI=1S/C14H26N4/c1-4-6-7-8-9-10-13(15-11-5-2)14-12-16-18(3)17-14/h4,12-13,15H,1,5-11H2,2-3H3. The van der Waals surface area contributed by atoms with Crippen molar-refractivity contribution in [2.45, 2.75) is 51.5 Å². The van der Waals surface area contributed by atoms with Gasteiger partial charge in [0.15, 0.2) is 0 Å². The molecule has 0 bridgehead atoms. The largest absolute Gasteiger partial charge is 0.309 e. The smallest absolute Gasteiger partial charge is 0.0996 e. The third kappa shape index (κ3) is 5.45. The number of nitrogens with one attached hydrogen (secondary N) is 1. The van der Waals surface area contributed by atoms with Crippen molar-refractivity contribution in [2.24, 2.45) is 7.05 Å². The van der Waals surface area contributed by atoms with Gasteiger partial charge in [-0.25, -0.2) is 0 Å². The summed E-state index contributed by atoms with van der Waals surface area (Å²) < 4.78 is 0. The first kappa shape index (κ1) is 14.9. The molecule has 0 saturated heterocycles. The highest BCUT2D eigenvalue weighted by Crippen LogP contribution is 2.17. The monoisotopic (exact) mass is 250 g/mol. The van der Waals surface area contributed by atoms with E-state index in [1.165, 1.54) is 19.3 Å². The Kier molecular flexibility index (Phi) is 7.34. The van der Waals surface area contributed by atoms with Crippen LogP contribution >= 0.6 is 0 Å². The number of aryl methyl sites for hydroxylation is 1. The van der Waals surface area contributed by atoms with Gasteiger partial charge < -0.3 is 5.32 Å². The number of hydrogen-bond acceptors (Lipinski definition) is 3. The predicted molar refractivity (Wildman–Crippen MR) is 75.3 cm³/mol. The van der Waals surface area contributed by atoms with Crippen molar-refractivity contribution in [3.8, 4) is 0 Å². The van der Waals surface area contributed by atoms with E-state index in [9.17, 15) is 0 Å². The molecule has 1 aromatic heterocycles. The Balaban J connectivity index is 2.38. The summed E-state index contributed by atoms with van der Waals surface area (Å²) in [4.78, 5) is 1.63. The van der Waals surface area contributed by atoms with E-state index in [0.717, 1.165) is 31.5 Å². The minimum absolute atomic E-state index is 0.349. The number of rotatable bonds is 10. The first-order valence-electron chi connectivity index (χ1n) is 6.98. The van der Waals surface area contributed by atoms with Crippen molar-refractivity contribution in [2.75, 3.05) is 6.54 Å². The van der Waals surface area contributed by atoms with Crippen LogP contribution in [0.2, 0.25) is 0 Å². The summed E-state index contributed by atoms with van der Waals surface area (Å²) in [6.45, 7) is 6.97. The summed E-state index contributed by atoms with van der Waals surface area (Å²) in [5.41, 5.74) is 1.06. The lowest BCUT2D eigenvalue weighted by molar-refractivity contribution is 0.458. The first-order valence-corrected chi connectivity index (χ1v) is 6.98. The third-order valence-corrected chi connectivity index (χ3v) is 3.02. The molecule has 0 spiro atoms. The van der Waals surface area contributed by atoms with Crippen molar-refractivity contribution >= 4 is 0 Å². The van der Waals surface area contributed by atoms with Gasteiger partial charge >= 0.3 is 0 Å². The summed E-state index contributed by atoms with van der Waals surface area (Å²) in [6, 6.07) is 0.349. The van der Waals surface area contributed by atoms with Crippen LogP contribution in [0.5, 0.6) is 0 Å². The van der Waals surface area contributed by atoms with Crippen molar-refractivity contribution < 1.29 is 0 Å². The minimum atomic E-state index is 0.349. The molecule has 0 aromatic carbocycles. The first-order chi connectivity index (χ1) is 8.77. The van der Waals surface area contributed by atoms with Crippen LogP contribution in [0.15, 0.2) is 18.9 Å². The van der Waals surface area contributed by atoms with Crippen LogP contribution in [0.3, 0.4) is 0 Å². The molecule has 0 amide bonds. The normalized spacial score (nSPS) is 12.6. The van der Waals surface area contributed by atoms with Gasteiger partial charge in [0, 0.05) is 7.05 Å². The predicted octanol–water partition coefficient (Wildman–Crippen LogP) is 2.99. The van der Waals surface area contributed by atoms with E-state index < -0.39 is 0 Å². The number of aromatic nitrogens is 3. The molecule has 1 heterocycles. The molecule has 1 atom stereocenters. The molecule has 4 heteroatoms. The van der Waals surface area contributed by atoms with Crippen molar-refractivity contribution in [1.82, 2.24) is 20.3 Å². The van der Waals surface area contributed by atoms with Crippen LogP contribution < -0.4 is 5.32 Å². The maximum absolute atomic E-state index is 4.41. The number of hydrogen-bond donors (Lipinski definition) is 1. The molecule has 18 heavy (non-hydrogen) atoms. The van der Waals surface area contributed by atoms with Crippen LogP contribution in [-0.2, 0) is 7.05 Å². The summed E-state index contributed by atoms with van der Waals surface area (Å²) in [5, 5.41) is 12.1. The molecule has 0 radical (unpaired) electrons. The summed E-state index contributed by atoms with van der Waals surface area (Å²) in [5.74, 6) is 0. The van der Waals surface area contributed by atoms with Gasteiger partial charge in [-0.1, -0.05) is 25.8 Å². The molecule has 1 aromatic rings. The van der Waals surface area contributed by atoms with E-state index in [1.807, 2.05) is 19.3 Å². The molecule has 0 fully saturated rings. The lowest BCUT2D eigenvalue weighted by Gasteiger charge is -2.15. The number of nitrogens with zero attached hydrogens (tertiary/aromatic N) is 3. The van der Waals surface area contributed by atoms with E-state index in [4.69, 9.17) is 0 Å². The van der Waals surface area contributed by atoms with Crippen LogP contribution in [0.25, 0.3) is 0 Å². The Bertz CT molecular complexity index is 332. The Morgan fingerprint density at radius 3 is 2.89 bits per heavy atom. The molecule has 0 aliphatic carbocycles. The number of unbranched alkanes of at least 4 members (excludes halogenated alkanes) is 3. The Labute approximate surface area is 110 Å². The second-order valence-electron chi connectivity index (χ2n) is 4.69. The van der Waals surface area contributed by atoms with E-state index in [1.54, 1.807) is 4.80 Å². The average Bonchev–Trinajstić information content (AvgIpc) is 2.79. The highest BCUT2D eigenvalue weighted by Gasteiger charge is 2.13. The highest BCUT2D eigenvalue weighted by atomic mass is 15.4. The van der Waals surface area contributed by atoms with E-state index in [-0.39, 0.29) is 0 Å². The molecule has 1 rings (SSSR count). The molecule has 0 saturated carbocycles. The van der Waals surface area contributed by atoms with Gasteiger partial charge in [-0.2, -0.15) is 15.0 Å². The van der Waals surface area contributed by atoms with Gasteiger partial charge in [0.05, 0.1) is 17.9 Å². The van der Waals surface area contributed by atoms with Crippen LogP contribution in [0, 0.1) is 0 Å². The molecule has 1 unspecified atom stereocenters. The zero-order chi connectivity index (χ0) is 13.2. The van der Waals surface area contributed by atoms with Crippen molar-refractivity contribution in [3.63, 3.8) is 0 Å². The maximum atomic E-state index is 4.41. The quantitative estimate of drug-likeness (QED) is 0.513. The van der Waals surface area contributed by atoms with Crippen LogP contribution in [-0.4, -0.2) is 21.5 Å². The average molecular weight is 250 g/mol. The van der Waals surface area contributed by atoms with Gasteiger partial charge in [0.1, 0.15) is 0 Å². The fourth-order valence-electron chi connectivity index (χ4n) is 2.01. The maximum Gasteiger partial charge on any atom is 0.0996 e. The second kappa shape index (κ2) is 8.86. The molecular formula is C14H26N4. The van der Waals surface area contributed by atoms with Gasteiger partial charge in [0.25, 0.3) is 0 Å². The van der Waals surface area contributed by atoms with Crippen LogP contribution in [0.1, 0.15) is 57.2 Å². The molecule has 1 N–H and O–H groups in total. The van der Waals surface area contributed by atoms with E-state index in [2.05, 4.69) is 29.0 Å². The Hall–Kier alpha value is -1.16. The zero-order valence-electron chi connectivity index (χ0n) is 11.7. The van der Waals surface area contributed by atoms with Crippen molar-refractivity contribution in [3.05, 3.63) is 24.5 Å².